The maximum absolute atomic E-state index is 3.85. The van der Waals surface area contributed by atoms with Crippen molar-refractivity contribution in [2.24, 2.45) is 0 Å². The number of allylic oxidation sites excluding steroid dienone is 2. The van der Waals surface area contributed by atoms with Crippen LogP contribution in [0.25, 0.3) is 0 Å². The van der Waals surface area contributed by atoms with Gasteiger partial charge in [-0.25, -0.2) is 0 Å². The Kier molecular flexibility index (Phi) is 6.20. The van der Waals surface area contributed by atoms with Gasteiger partial charge in [0.1, 0.15) is 0 Å². The van der Waals surface area contributed by atoms with E-state index in [1.165, 1.54) is 5.56 Å². The molecule has 0 atom stereocenters. The van der Waals surface area contributed by atoms with E-state index in [2.05, 4.69) is 25.3 Å². The predicted octanol–water partition coefficient (Wildman–Crippen LogP) is 4.66. The molecular formula is C17H18. The first-order chi connectivity index (χ1) is 8.33. The van der Waals surface area contributed by atoms with E-state index in [1.54, 1.807) is 6.08 Å². The molecule has 86 valence electrons. The van der Waals surface area contributed by atoms with Gasteiger partial charge in [0.25, 0.3) is 0 Å². The van der Waals surface area contributed by atoms with Crippen molar-refractivity contribution in [3.63, 3.8) is 0 Å². The Morgan fingerprint density at radius 2 is 1.24 bits per heavy atom. The monoisotopic (exact) mass is 222 g/mol. The topological polar surface area (TPSA) is 0 Å². The molecule has 0 aliphatic rings. The first kappa shape index (κ1) is 13.0. The third kappa shape index (κ3) is 6.16. The number of hydrogen-bond donors (Lipinski definition) is 0. The van der Waals surface area contributed by atoms with E-state index in [9.17, 15) is 0 Å². The number of rotatable bonds is 3. The van der Waals surface area contributed by atoms with E-state index in [0.29, 0.717) is 0 Å². The van der Waals surface area contributed by atoms with E-state index in [1.807, 2.05) is 54.6 Å². The van der Waals surface area contributed by atoms with E-state index < -0.39 is 0 Å². The molecule has 2 rings (SSSR count). The summed E-state index contributed by atoms with van der Waals surface area (Å²) in [4.78, 5) is 0. The van der Waals surface area contributed by atoms with Crippen LogP contribution in [0.2, 0.25) is 0 Å². The van der Waals surface area contributed by atoms with Gasteiger partial charge in [0, 0.05) is 0 Å². The van der Waals surface area contributed by atoms with Crippen molar-refractivity contribution in [1.29, 1.82) is 0 Å². The largest absolute Gasteiger partial charge is 0.0988 e. The van der Waals surface area contributed by atoms with Crippen LogP contribution < -0.4 is 0 Å². The van der Waals surface area contributed by atoms with Crippen LogP contribution in [-0.2, 0) is 6.42 Å². The van der Waals surface area contributed by atoms with Crippen LogP contribution in [0.15, 0.2) is 91.5 Å². The van der Waals surface area contributed by atoms with E-state index in [0.717, 1.165) is 12.0 Å². The predicted molar refractivity (Wildman–Crippen MR) is 75.9 cm³/mol. The number of hydrogen-bond acceptors (Lipinski definition) is 0. The summed E-state index contributed by atoms with van der Waals surface area (Å²) < 4.78 is 0. The lowest BCUT2D eigenvalue weighted by atomic mass is 10.1. The summed E-state index contributed by atoms with van der Waals surface area (Å²) in [5, 5.41) is 0. The van der Waals surface area contributed by atoms with Gasteiger partial charge in [-0.1, -0.05) is 91.5 Å². The molecule has 0 bridgehead atoms. The summed E-state index contributed by atoms with van der Waals surface area (Å²) in [7, 11) is 0. The Bertz CT molecular complexity index is 399. The zero-order valence-corrected chi connectivity index (χ0v) is 10.0. The fourth-order valence-corrected chi connectivity index (χ4v) is 1.32. The molecule has 0 N–H and O–H groups in total. The molecule has 0 nitrogen and oxygen atoms in total. The van der Waals surface area contributed by atoms with Gasteiger partial charge < -0.3 is 0 Å². The van der Waals surface area contributed by atoms with Crippen LogP contribution in [-0.4, -0.2) is 0 Å². The van der Waals surface area contributed by atoms with Crippen LogP contribution >= 0.6 is 0 Å². The first-order valence-electron chi connectivity index (χ1n) is 5.67. The van der Waals surface area contributed by atoms with Gasteiger partial charge in [-0.15, -0.1) is 0 Å². The van der Waals surface area contributed by atoms with Crippen molar-refractivity contribution >= 4 is 0 Å². The fraction of sp³-hybridized carbons (Fsp3) is 0.0588. The second kappa shape index (κ2) is 8.12. The average Bonchev–Trinajstić information content (AvgIpc) is 2.42. The second-order valence-electron chi connectivity index (χ2n) is 3.68. The summed E-state index contributed by atoms with van der Waals surface area (Å²) in [6.45, 7) is 7.51. The smallest absolute Gasteiger partial charge is 0.00319 e. The Morgan fingerprint density at radius 1 is 0.824 bits per heavy atom. The molecular weight excluding hydrogens is 204 g/mol. The molecule has 0 saturated heterocycles. The third-order valence-corrected chi connectivity index (χ3v) is 2.23. The molecule has 0 spiro atoms. The van der Waals surface area contributed by atoms with Gasteiger partial charge in [-0.05, 0) is 12.0 Å². The summed E-state index contributed by atoms with van der Waals surface area (Å²) in [6, 6.07) is 22.3. The van der Waals surface area contributed by atoms with Gasteiger partial charge in [-0.3, -0.25) is 0 Å². The SMILES string of the molecule is C=CC(=C)Cc1ccccc1.c1ccccc1. The van der Waals surface area contributed by atoms with Crippen LogP contribution in [0.3, 0.4) is 0 Å². The zero-order chi connectivity index (χ0) is 12.3. The molecule has 0 heteroatoms. The van der Waals surface area contributed by atoms with Crippen molar-refractivity contribution in [2.45, 2.75) is 6.42 Å². The van der Waals surface area contributed by atoms with Crippen LogP contribution in [0.4, 0.5) is 0 Å². The van der Waals surface area contributed by atoms with Crippen molar-refractivity contribution in [1.82, 2.24) is 0 Å². The molecule has 0 radical (unpaired) electrons. The van der Waals surface area contributed by atoms with Gasteiger partial charge in [0.2, 0.25) is 0 Å². The number of benzene rings is 2. The minimum Gasteiger partial charge on any atom is -0.0988 e. The van der Waals surface area contributed by atoms with Crippen molar-refractivity contribution < 1.29 is 0 Å². The fourth-order valence-electron chi connectivity index (χ4n) is 1.32. The summed E-state index contributed by atoms with van der Waals surface area (Å²) >= 11 is 0. The average molecular weight is 222 g/mol. The van der Waals surface area contributed by atoms with Crippen molar-refractivity contribution in [3.8, 4) is 0 Å². The highest BCUT2D eigenvalue weighted by Crippen LogP contribution is 2.05. The molecule has 2 aromatic rings. The van der Waals surface area contributed by atoms with Crippen LogP contribution in [0, 0.1) is 0 Å². The lowest BCUT2D eigenvalue weighted by molar-refractivity contribution is 1.21. The first-order valence-corrected chi connectivity index (χ1v) is 5.67. The lowest BCUT2D eigenvalue weighted by Crippen LogP contribution is -1.84. The van der Waals surface area contributed by atoms with Crippen molar-refractivity contribution in [2.75, 3.05) is 0 Å². The zero-order valence-electron chi connectivity index (χ0n) is 10.0. The maximum atomic E-state index is 3.85. The summed E-state index contributed by atoms with van der Waals surface area (Å²) in [5.41, 5.74) is 2.36. The molecule has 0 heterocycles. The standard InChI is InChI=1S/C11H12.C6H6/c1-3-10(2)9-11-7-5-4-6-8-11;1-2-4-6-5-3-1/h3-8H,1-2,9H2;1-6H. The Morgan fingerprint density at radius 3 is 1.65 bits per heavy atom. The van der Waals surface area contributed by atoms with Gasteiger partial charge in [0.05, 0.1) is 0 Å². The second-order valence-corrected chi connectivity index (χ2v) is 3.68. The molecule has 2 aromatic carbocycles. The Labute approximate surface area is 104 Å². The highest BCUT2D eigenvalue weighted by atomic mass is 14.0. The molecule has 0 aliphatic carbocycles. The molecule has 0 unspecified atom stereocenters. The summed E-state index contributed by atoms with van der Waals surface area (Å²) in [6.07, 6.45) is 2.71. The lowest BCUT2D eigenvalue weighted by Gasteiger charge is -1.98. The molecule has 0 fully saturated rings. The summed E-state index contributed by atoms with van der Waals surface area (Å²) in [5.74, 6) is 0. The quantitative estimate of drug-likeness (QED) is 0.663. The third-order valence-electron chi connectivity index (χ3n) is 2.23. The molecule has 0 aromatic heterocycles. The molecule has 0 amide bonds. The van der Waals surface area contributed by atoms with Gasteiger partial charge >= 0.3 is 0 Å². The van der Waals surface area contributed by atoms with Crippen molar-refractivity contribution in [3.05, 3.63) is 97.1 Å². The Hall–Kier alpha value is -2.08. The van der Waals surface area contributed by atoms with Gasteiger partial charge in [-0.2, -0.15) is 0 Å². The normalized spacial score (nSPS) is 8.71. The molecule has 0 aliphatic heterocycles. The highest BCUT2D eigenvalue weighted by Gasteiger charge is 1.90. The van der Waals surface area contributed by atoms with E-state index in [-0.39, 0.29) is 0 Å². The van der Waals surface area contributed by atoms with Crippen LogP contribution in [0.5, 0.6) is 0 Å². The Balaban J connectivity index is 0.000000202. The highest BCUT2D eigenvalue weighted by molar-refractivity contribution is 5.24. The minimum absolute atomic E-state index is 0.907. The van der Waals surface area contributed by atoms with E-state index >= 15 is 0 Å². The maximum Gasteiger partial charge on any atom is -0.00319 e. The van der Waals surface area contributed by atoms with Crippen LogP contribution in [0.1, 0.15) is 5.56 Å². The minimum atomic E-state index is 0.907. The molecule has 17 heavy (non-hydrogen) atoms. The van der Waals surface area contributed by atoms with E-state index in [4.69, 9.17) is 0 Å². The van der Waals surface area contributed by atoms with Gasteiger partial charge in [0.15, 0.2) is 0 Å². The molecule has 0 saturated carbocycles.